The molecule has 31 heavy (non-hydrogen) atoms. The van der Waals surface area contributed by atoms with Crippen molar-refractivity contribution in [3.8, 4) is 16.9 Å². The molecular weight excluding hydrogens is 398 g/mol. The summed E-state index contributed by atoms with van der Waals surface area (Å²) in [4.78, 5) is 23.4. The van der Waals surface area contributed by atoms with Crippen LogP contribution in [0.15, 0.2) is 54.6 Å². The predicted octanol–water partition coefficient (Wildman–Crippen LogP) is 4.50. The van der Waals surface area contributed by atoms with Crippen LogP contribution >= 0.6 is 0 Å². The van der Waals surface area contributed by atoms with Gasteiger partial charge in [-0.05, 0) is 65.9 Å². The van der Waals surface area contributed by atoms with Gasteiger partial charge in [-0.1, -0.05) is 12.1 Å². The molecule has 0 radical (unpaired) electrons. The first-order valence-corrected chi connectivity index (χ1v) is 9.79. The molecule has 1 heterocycles. The molecule has 158 valence electrons. The fourth-order valence-electron chi connectivity index (χ4n) is 3.61. The number of benzene rings is 3. The normalized spacial score (nSPS) is 12.1. The molecule has 0 saturated carbocycles. The van der Waals surface area contributed by atoms with Gasteiger partial charge < -0.3 is 20.5 Å². The van der Waals surface area contributed by atoms with Gasteiger partial charge in [-0.3, -0.25) is 14.9 Å². The highest BCUT2D eigenvalue weighted by atomic mass is 16.6. The Hall–Kier alpha value is -3.91. The minimum absolute atomic E-state index is 0.108. The predicted molar refractivity (Wildman–Crippen MR) is 118 cm³/mol. The largest absolute Gasteiger partial charge is 0.490 e. The van der Waals surface area contributed by atoms with E-state index in [-0.39, 0.29) is 24.0 Å². The maximum absolute atomic E-state index is 12.7. The molecule has 3 aromatic rings. The summed E-state index contributed by atoms with van der Waals surface area (Å²) >= 11 is 0. The fourth-order valence-corrected chi connectivity index (χ4v) is 3.61. The Bertz CT molecular complexity index is 1180. The van der Waals surface area contributed by atoms with E-state index in [4.69, 9.17) is 9.84 Å². The third-order valence-electron chi connectivity index (χ3n) is 5.20. The number of hydrogen-bond donors (Lipinski definition) is 3. The SMILES string of the molecule is COc1cc(-c2ccc3c(c2)Nc2cc(CCCO)ccc2NC3=O)ccc1[N+](=O)[O-]. The third kappa shape index (κ3) is 4.06. The number of nitro groups is 1. The van der Waals surface area contributed by atoms with Crippen LogP contribution in [-0.4, -0.2) is 29.7 Å². The zero-order chi connectivity index (χ0) is 22.0. The van der Waals surface area contributed by atoms with Crippen molar-refractivity contribution in [3.05, 3.63) is 75.8 Å². The number of carbonyl (C=O) groups is 1. The maximum Gasteiger partial charge on any atom is 0.310 e. The lowest BCUT2D eigenvalue weighted by Gasteiger charge is -2.12. The molecule has 1 aliphatic rings. The average molecular weight is 419 g/mol. The highest BCUT2D eigenvalue weighted by molar-refractivity contribution is 6.12. The van der Waals surface area contributed by atoms with Crippen LogP contribution in [0.3, 0.4) is 0 Å². The second-order valence-electron chi connectivity index (χ2n) is 7.19. The Morgan fingerprint density at radius 1 is 0.968 bits per heavy atom. The number of nitro benzene ring substituents is 1. The number of aryl methyl sites for hydroxylation is 1. The number of ether oxygens (including phenoxy) is 1. The summed E-state index contributed by atoms with van der Waals surface area (Å²) in [6.45, 7) is 0.117. The highest BCUT2D eigenvalue weighted by Gasteiger charge is 2.21. The van der Waals surface area contributed by atoms with E-state index in [9.17, 15) is 14.9 Å². The van der Waals surface area contributed by atoms with Crippen molar-refractivity contribution in [2.75, 3.05) is 24.4 Å². The molecule has 0 spiro atoms. The van der Waals surface area contributed by atoms with Crippen molar-refractivity contribution in [2.24, 2.45) is 0 Å². The fraction of sp³-hybridized carbons (Fsp3) is 0.174. The van der Waals surface area contributed by atoms with Crippen LogP contribution in [0.5, 0.6) is 5.75 Å². The molecule has 0 unspecified atom stereocenters. The maximum atomic E-state index is 12.7. The molecule has 8 heteroatoms. The van der Waals surface area contributed by atoms with E-state index in [2.05, 4.69) is 10.6 Å². The molecule has 0 aromatic heterocycles. The van der Waals surface area contributed by atoms with Crippen molar-refractivity contribution >= 4 is 28.7 Å². The molecule has 0 fully saturated rings. The highest BCUT2D eigenvalue weighted by Crippen LogP contribution is 2.37. The molecular formula is C23H21N3O5. The molecule has 0 saturated heterocycles. The second-order valence-corrected chi connectivity index (χ2v) is 7.19. The Kier molecular flexibility index (Phi) is 5.55. The van der Waals surface area contributed by atoms with E-state index in [1.54, 1.807) is 24.3 Å². The summed E-state index contributed by atoms with van der Waals surface area (Å²) in [6, 6.07) is 15.8. The number of carbonyl (C=O) groups excluding carboxylic acids is 1. The monoisotopic (exact) mass is 419 g/mol. The number of rotatable bonds is 6. The summed E-state index contributed by atoms with van der Waals surface area (Å²) in [6.07, 6.45) is 1.39. The van der Waals surface area contributed by atoms with Gasteiger partial charge in [0, 0.05) is 12.7 Å². The lowest BCUT2D eigenvalue weighted by molar-refractivity contribution is -0.385. The first-order valence-electron chi connectivity index (χ1n) is 9.79. The van der Waals surface area contributed by atoms with E-state index >= 15 is 0 Å². The quantitative estimate of drug-likeness (QED) is 0.400. The van der Waals surface area contributed by atoms with Crippen LogP contribution in [0.2, 0.25) is 0 Å². The van der Waals surface area contributed by atoms with Gasteiger partial charge in [0.25, 0.3) is 5.91 Å². The molecule has 0 atom stereocenters. The number of anilines is 3. The number of hydrogen-bond acceptors (Lipinski definition) is 6. The van der Waals surface area contributed by atoms with Gasteiger partial charge in [0.05, 0.1) is 34.7 Å². The smallest absolute Gasteiger partial charge is 0.310 e. The van der Waals surface area contributed by atoms with Gasteiger partial charge in [-0.2, -0.15) is 0 Å². The minimum atomic E-state index is -0.489. The van der Waals surface area contributed by atoms with Crippen molar-refractivity contribution < 1.29 is 19.6 Å². The molecule has 3 aromatic carbocycles. The third-order valence-corrected chi connectivity index (χ3v) is 5.20. The van der Waals surface area contributed by atoms with Gasteiger partial charge in [-0.25, -0.2) is 0 Å². The van der Waals surface area contributed by atoms with E-state index in [0.29, 0.717) is 23.4 Å². The van der Waals surface area contributed by atoms with E-state index in [1.165, 1.54) is 13.2 Å². The van der Waals surface area contributed by atoms with Gasteiger partial charge in [0.15, 0.2) is 5.75 Å². The first kappa shape index (κ1) is 20.4. The molecule has 4 rings (SSSR count). The minimum Gasteiger partial charge on any atom is -0.490 e. The Balaban J connectivity index is 1.73. The second kappa shape index (κ2) is 8.45. The number of amides is 1. The Morgan fingerprint density at radius 3 is 2.48 bits per heavy atom. The average Bonchev–Trinajstić information content (AvgIpc) is 2.91. The van der Waals surface area contributed by atoms with Gasteiger partial charge in [0.1, 0.15) is 0 Å². The molecule has 3 N–H and O–H groups in total. The molecule has 0 bridgehead atoms. The lowest BCUT2D eigenvalue weighted by Crippen LogP contribution is -2.10. The van der Waals surface area contributed by atoms with Crippen molar-refractivity contribution in [3.63, 3.8) is 0 Å². The number of nitrogens with zero attached hydrogens (tertiary/aromatic N) is 1. The van der Waals surface area contributed by atoms with Crippen molar-refractivity contribution in [2.45, 2.75) is 12.8 Å². The lowest BCUT2D eigenvalue weighted by atomic mass is 10.0. The summed E-state index contributed by atoms with van der Waals surface area (Å²) in [5.74, 6) is -0.0563. The summed E-state index contributed by atoms with van der Waals surface area (Å²) in [7, 11) is 1.39. The summed E-state index contributed by atoms with van der Waals surface area (Å²) in [5.41, 5.74) is 5.02. The summed E-state index contributed by atoms with van der Waals surface area (Å²) < 4.78 is 5.17. The van der Waals surface area contributed by atoms with Crippen molar-refractivity contribution in [1.29, 1.82) is 0 Å². The zero-order valence-corrected chi connectivity index (χ0v) is 16.8. The van der Waals surface area contributed by atoms with Crippen molar-refractivity contribution in [1.82, 2.24) is 0 Å². The molecule has 0 aliphatic carbocycles. The van der Waals surface area contributed by atoms with Gasteiger partial charge >= 0.3 is 5.69 Å². The number of nitrogens with one attached hydrogen (secondary N) is 2. The number of methoxy groups -OCH3 is 1. The summed E-state index contributed by atoms with van der Waals surface area (Å²) in [5, 5.41) is 26.5. The van der Waals surface area contributed by atoms with E-state index < -0.39 is 4.92 Å². The Morgan fingerprint density at radius 2 is 1.74 bits per heavy atom. The van der Waals surface area contributed by atoms with Crippen LogP contribution in [0.1, 0.15) is 22.3 Å². The molecule has 8 nitrogen and oxygen atoms in total. The number of aliphatic hydroxyl groups excluding tert-OH is 1. The molecule has 1 amide bonds. The number of aliphatic hydroxyl groups is 1. The van der Waals surface area contributed by atoms with Gasteiger partial charge in [0.2, 0.25) is 0 Å². The van der Waals surface area contributed by atoms with E-state index in [0.717, 1.165) is 28.8 Å². The van der Waals surface area contributed by atoms with Crippen LogP contribution in [0.25, 0.3) is 11.1 Å². The van der Waals surface area contributed by atoms with Crippen LogP contribution in [0.4, 0.5) is 22.7 Å². The van der Waals surface area contributed by atoms with E-state index in [1.807, 2.05) is 24.3 Å². The molecule has 1 aliphatic heterocycles. The van der Waals surface area contributed by atoms with Crippen LogP contribution < -0.4 is 15.4 Å². The first-order chi connectivity index (χ1) is 15.0. The number of fused-ring (bicyclic) bond motifs is 2. The van der Waals surface area contributed by atoms with Crippen LogP contribution in [-0.2, 0) is 6.42 Å². The zero-order valence-electron chi connectivity index (χ0n) is 16.8. The van der Waals surface area contributed by atoms with Crippen LogP contribution in [0, 0.1) is 10.1 Å². The topological polar surface area (TPSA) is 114 Å². The Labute approximate surface area is 178 Å². The standard InChI is InChI=1S/C23H21N3O5/c1-31-22-13-16(6-9-21(22)26(29)30)15-5-7-17-19(12-15)24-20-11-14(3-2-10-27)4-8-18(20)25-23(17)28/h4-9,11-13,24,27H,2-3,10H2,1H3,(H,25,28). The van der Waals surface area contributed by atoms with Gasteiger partial charge in [-0.15, -0.1) is 0 Å².